The molecule has 1 aromatic heterocycles. The fourth-order valence-corrected chi connectivity index (χ4v) is 3.41. The molecule has 0 saturated carbocycles. The van der Waals surface area contributed by atoms with Crippen molar-refractivity contribution in [3.8, 4) is 17.5 Å². The van der Waals surface area contributed by atoms with E-state index in [0.717, 1.165) is 44.7 Å². The Morgan fingerprint density at radius 2 is 1.89 bits per heavy atom. The highest BCUT2D eigenvalue weighted by Crippen LogP contribution is 2.31. The average Bonchev–Trinajstić information content (AvgIpc) is 2.74. The van der Waals surface area contributed by atoms with Crippen LogP contribution in [0.2, 0.25) is 0 Å². The molecule has 2 aromatic rings. The minimum Gasteiger partial charge on any atom is -0.474 e. The Bertz CT molecular complexity index is 808. The van der Waals surface area contributed by atoms with Crippen LogP contribution in [-0.2, 0) is 4.74 Å². The number of morpholine rings is 1. The summed E-state index contributed by atoms with van der Waals surface area (Å²) in [5.41, 5.74) is 1.49. The van der Waals surface area contributed by atoms with Crippen molar-refractivity contribution in [3.05, 3.63) is 35.9 Å². The van der Waals surface area contributed by atoms with Gasteiger partial charge in [-0.05, 0) is 45.0 Å². The lowest BCUT2D eigenvalue weighted by molar-refractivity contribution is 0.122. The first-order chi connectivity index (χ1) is 13.7. The number of hydrogen-bond acceptors (Lipinski definition) is 7. The highest BCUT2D eigenvalue weighted by atomic mass is 19.1. The Morgan fingerprint density at radius 1 is 1.14 bits per heavy atom. The van der Waals surface area contributed by atoms with Crippen LogP contribution in [0.25, 0.3) is 0 Å². The SMILES string of the molecule is Cc1c(Oc2ccc(N3CCOCC3)cc2F)ncnc1OC1CCNCC1. The number of piperidine rings is 1. The lowest BCUT2D eigenvalue weighted by atomic mass is 10.1. The van der Waals surface area contributed by atoms with Gasteiger partial charge in [-0.15, -0.1) is 0 Å². The van der Waals surface area contributed by atoms with E-state index in [4.69, 9.17) is 14.2 Å². The summed E-state index contributed by atoms with van der Waals surface area (Å²) < 4.78 is 31.7. The number of hydrogen-bond donors (Lipinski definition) is 1. The van der Waals surface area contributed by atoms with E-state index in [-0.39, 0.29) is 11.9 Å². The van der Waals surface area contributed by atoms with Gasteiger partial charge in [-0.1, -0.05) is 0 Å². The molecule has 1 aromatic carbocycles. The Hall–Kier alpha value is -2.45. The second-order valence-electron chi connectivity index (χ2n) is 6.99. The molecule has 7 nitrogen and oxygen atoms in total. The molecular weight excluding hydrogens is 363 g/mol. The molecule has 2 aliphatic rings. The summed E-state index contributed by atoms with van der Waals surface area (Å²) in [6, 6.07) is 4.98. The highest BCUT2D eigenvalue weighted by Gasteiger charge is 2.19. The monoisotopic (exact) mass is 388 g/mol. The standard InChI is InChI=1S/C20H25FN4O3/c1-14-19(27-16-4-6-22-7-5-16)23-13-24-20(14)28-18-3-2-15(12-17(18)21)25-8-10-26-11-9-25/h2-3,12-13,16,22H,4-11H2,1H3. The van der Waals surface area contributed by atoms with Gasteiger partial charge < -0.3 is 24.4 Å². The van der Waals surface area contributed by atoms with Crippen molar-refractivity contribution in [2.75, 3.05) is 44.3 Å². The van der Waals surface area contributed by atoms with E-state index in [1.165, 1.54) is 12.4 Å². The second kappa shape index (κ2) is 8.70. The summed E-state index contributed by atoms with van der Waals surface area (Å²) in [6.07, 6.45) is 3.36. The molecule has 2 aliphatic heterocycles. The van der Waals surface area contributed by atoms with E-state index in [1.807, 2.05) is 13.0 Å². The molecule has 2 fully saturated rings. The number of aromatic nitrogens is 2. The van der Waals surface area contributed by atoms with Crippen molar-refractivity contribution >= 4 is 5.69 Å². The van der Waals surface area contributed by atoms with Gasteiger partial charge in [0, 0.05) is 24.8 Å². The Balaban J connectivity index is 1.48. The van der Waals surface area contributed by atoms with E-state index in [2.05, 4.69) is 20.2 Å². The van der Waals surface area contributed by atoms with Crippen LogP contribution in [0.5, 0.6) is 17.5 Å². The minimum absolute atomic E-state index is 0.118. The predicted molar refractivity (Wildman–Crippen MR) is 103 cm³/mol. The number of benzene rings is 1. The van der Waals surface area contributed by atoms with Gasteiger partial charge in [-0.3, -0.25) is 0 Å². The van der Waals surface area contributed by atoms with Crippen molar-refractivity contribution in [1.82, 2.24) is 15.3 Å². The van der Waals surface area contributed by atoms with Crippen molar-refractivity contribution in [3.63, 3.8) is 0 Å². The largest absolute Gasteiger partial charge is 0.474 e. The van der Waals surface area contributed by atoms with Gasteiger partial charge in [-0.25, -0.2) is 14.4 Å². The molecule has 0 amide bonds. The predicted octanol–water partition coefficient (Wildman–Crippen LogP) is 2.68. The Kier molecular flexibility index (Phi) is 5.87. The van der Waals surface area contributed by atoms with E-state index >= 15 is 0 Å². The number of anilines is 1. The van der Waals surface area contributed by atoms with Crippen LogP contribution in [0.3, 0.4) is 0 Å². The van der Waals surface area contributed by atoms with Gasteiger partial charge in [0.25, 0.3) is 0 Å². The average molecular weight is 388 g/mol. The van der Waals surface area contributed by atoms with Gasteiger partial charge in [0.05, 0.1) is 18.8 Å². The molecule has 0 aliphatic carbocycles. The van der Waals surface area contributed by atoms with Crippen molar-refractivity contribution in [2.24, 2.45) is 0 Å². The number of halogens is 1. The maximum Gasteiger partial charge on any atom is 0.229 e. The zero-order chi connectivity index (χ0) is 19.3. The second-order valence-corrected chi connectivity index (χ2v) is 6.99. The van der Waals surface area contributed by atoms with Crippen LogP contribution in [0, 0.1) is 12.7 Å². The van der Waals surface area contributed by atoms with Gasteiger partial charge in [0.15, 0.2) is 11.6 Å². The van der Waals surface area contributed by atoms with Crippen LogP contribution < -0.4 is 19.7 Å². The maximum atomic E-state index is 14.6. The summed E-state index contributed by atoms with van der Waals surface area (Å²) in [5.74, 6) is 0.494. The molecular formula is C20H25FN4O3. The topological polar surface area (TPSA) is 68.7 Å². The molecule has 3 heterocycles. The van der Waals surface area contributed by atoms with E-state index in [0.29, 0.717) is 30.5 Å². The number of nitrogens with one attached hydrogen (secondary N) is 1. The number of ether oxygens (including phenoxy) is 3. The van der Waals surface area contributed by atoms with E-state index < -0.39 is 5.82 Å². The van der Waals surface area contributed by atoms with Crippen molar-refractivity contribution in [2.45, 2.75) is 25.9 Å². The van der Waals surface area contributed by atoms with Crippen LogP contribution in [0.4, 0.5) is 10.1 Å². The zero-order valence-electron chi connectivity index (χ0n) is 16.0. The van der Waals surface area contributed by atoms with Crippen molar-refractivity contribution < 1.29 is 18.6 Å². The number of nitrogens with zero attached hydrogens (tertiary/aromatic N) is 3. The molecule has 0 radical (unpaired) electrons. The van der Waals surface area contributed by atoms with Gasteiger partial charge in [0.1, 0.15) is 12.4 Å². The van der Waals surface area contributed by atoms with Crippen molar-refractivity contribution in [1.29, 1.82) is 0 Å². The quantitative estimate of drug-likeness (QED) is 0.845. The molecule has 0 bridgehead atoms. The van der Waals surface area contributed by atoms with Gasteiger partial charge in [0.2, 0.25) is 11.8 Å². The van der Waals surface area contributed by atoms with Gasteiger partial charge >= 0.3 is 0 Å². The first kappa shape index (κ1) is 18.9. The Labute approximate surface area is 163 Å². The zero-order valence-corrected chi connectivity index (χ0v) is 16.0. The first-order valence-electron chi connectivity index (χ1n) is 9.70. The molecule has 0 spiro atoms. The minimum atomic E-state index is -0.428. The summed E-state index contributed by atoms with van der Waals surface area (Å²) in [4.78, 5) is 10.5. The lowest BCUT2D eigenvalue weighted by Gasteiger charge is -2.29. The first-order valence-corrected chi connectivity index (χ1v) is 9.70. The normalized spacial score (nSPS) is 18.1. The lowest BCUT2D eigenvalue weighted by Crippen LogP contribution is -2.36. The van der Waals surface area contributed by atoms with Gasteiger partial charge in [-0.2, -0.15) is 0 Å². The molecule has 150 valence electrons. The molecule has 0 unspecified atom stereocenters. The van der Waals surface area contributed by atoms with Crippen LogP contribution in [0.15, 0.2) is 24.5 Å². The molecule has 1 N–H and O–H groups in total. The smallest absolute Gasteiger partial charge is 0.229 e. The summed E-state index contributed by atoms with van der Waals surface area (Å²) in [7, 11) is 0. The maximum absolute atomic E-state index is 14.6. The highest BCUT2D eigenvalue weighted by molar-refractivity contribution is 5.51. The van der Waals surface area contributed by atoms with E-state index in [9.17, 15) is 4.39 Å². The third-order valence-electron chi connectivity index (χ3n) is 5.05. The molecule has 2 saturated heterocycles. The summed E-state index contributed by atoms with van der Waals surface area (Å²) in [5, 5.41) is 3.30. The Morgan fingerprint density at radius 3 is 2.64 bits per heavy atom. The van der Waals surface area contributed by atoms with E-state index in [1.54, 1.807) is 6.07 Å². The number of rotatable bonds is 5. The molecule has 28 heavy (non-hydrogen) atoms. The van der Waals surface area contributed by atoms with Crippen LogP contribution in [0.1, 0.15) is 18.4 Å². The third kappa shape index (κ3) is 4.34. The fourth-order valence-electron chi connectivity index (χ4n) is 3.41. The molecule has 0 atom stereocenters. The summed E-state index contributed by atoms with van der Waals surface area (Å²) >= 11 is 0. The van der Waals surface area contributed by atoms with Crippen LogP contribution >= 0.6 is 0 Å². The van der Waals surface area contributed by atoms with Crippen LogP contribution in [-0.4, -0.2) is 55.5 Å². The molecule has 4 rings (SSSR count). The fraction of sp³-hybridized carbons (Fsp3) is 0.500. The summed E-state index contributed by atoms with van der Waals surface area (Å²) in [6.45, 7) is 6.49. The molecule has 8 heteroatoms. The third-order valence-corrected chi connectivity index (χ3v) is 5.05.